The highest BCUT2D eigenvalue weighted by Gasteiger charge is 2.57. The monoisotopic (exact) mass is 1010 g/mol. The number of rotatable bonds is 10. The van der Waals surface area contributed by atoms with E-state index >= 15 is 4.79 Å². The van der Waals surface area contributed by atoms with Crippen LogP contribution in [0.25, 0.3) is 22.3 Å². The van der Waals surface area contributed by atoms with Crippen LogP contribution in [0.2, 0.25) is 0 Å². The van der Waals surface area contributed by atoms with Crippen molar-refractivity contribution in [3.63, 3.8) is 0 Å². The summed E-state index contributed by atoms with van der Waals surface area (Å²) in [4.78, 5) is 93.8. The van der Waals surface area contributed by atoms with Crippen molar-refractivity contribution in [2.45, 2.75) is 158 Å². The fourth-order valence-electron chi connectivity index (χ4n) is 14.1. The molecule has 390 valence electrons. The molecule has 3 aromatic heterocycles. The van der Waals surface area contributed by atoms with Crippen LogP contribution in [0.4, 0.5) is 17.3 Å². The second-order valence-electron chi connectivity index (χ2n) is 24.0. The van der Waals surface area contributed by atoms with Crippen molar-refractivity contribution < 1.29 is 28.7 Å². The number of aromatic nitrogens is 4. The Morgan fingerprint density at radius 3 is 2.22 bits per heavy atom. The molecule has 4 aromatic rings. The van der Waals surface area contributed by atoms with Crippen molar-refractivity contribution in [2.75, 3.05) is 67.5 Å². The van der Waals surface area contributed by atoms with Crippen molar-refractivity contribution >= 4 is 57.9 Å². The van der Waals surface area contributed by atoms with Crippen LogP contribution in [0.3, 0.4) is 0 Å². The zero-order chi connectivity index (χ0) is 50.6. The maximum atomic E-state index is 15.4. The summed E-state index contributed by atoms with van der Waals surface area (Å²) in [6.07, 6.45) is 15.4. The number of anilines is 3. The summed E-state index contributed by atoms with van der Waals surface area (Å²) in [5.74, 6) is 1.24. The van der Waals surface area contributed by atoms with Gasteiger partial charge in [0.25, 0.3) is 0 Å². The number of fused-ring (bicyclic) bond motifs is 5. The van der Waals surface area contributed by atoms with E-state index in [0.717, 1.165) is 115 Å². The van der Waals surface area contributed by atoms with Crippen LogP contribution in [0, 0.1) is 11.3 Å². The Bertz CT molecular complexity index is 2870. The van der Waals surface area contributed by atoms with E-state index in [9.17, 15) is 19.2 Å². The lowest BCUT2D eigenvalue weighted by atomic mass is 9.72. The number of amides is 5. The minimum atomic E-state index is -0.707. The molecule has 0 radical (unpaired) electrons. The average molecular weight is 1010 g/mol. The van der Waals surface area contributed by atoms with Gasteiger partial charge in [-0.05, 0) is 127 Å². The number of likely N-dealkylation sites (tertiary alicyclic amines) is 3. The summed E-state index contributed by atoms with van der Waals surface area (Å²) >= 11 is 0. The fraction of sp³-hybridized carbons (Fsp3) is 0.614. The largest absolute Gasteiger partial charge is 0.372 e. The molecule has 1 unspecified atom stereocenters. The number of nitrogens with one attached hydrogen (secondary N) is 2. The Labute approximate surface area is 433 Å². The number of benzene rings is 1. The molecular formula is C57H71N11O6. The molecule has 74 heavy (non-hydrogen) atoms. The number of nitrogens with zero attached hydrogens (tertiary/aromatic N) is 9. The average Bonchev–Trinajstić information content (AvgIpc) is 3.94. The van der Waals surface area contributed by atoms with E-state index in [1.165, 1.54) is 0 Å². The number of piperidine rings is 4. The van der Waals surface area contributed by atoms with E-state index in [0.29, 0.717) is 102 Å². The van der Waals surface area contributed by atoms with Crippen LogP contribution >= 0.6 is 0 Å². The van der Waals surface area contributed by atoms with Gasteiger partial charge >= 0.3 is 0 Å². The second-order valence-corrected chi connectivity index (χ2v) is 24.0. The number of pyridine rings is 2. The number of imide groups is 1. The van der Waals surface area contributed by atoms with E-state index < -0.39 is 10.8 Å². The van der Waals surface area contributed by atoms with E-state index in [1.54, 1.807) is 6.20 Å². The van der Waals surface area contributed by atoms with Crippen molar-refractivity contribution in [3.05, 3.63) is 60.0 Å². The number of hydrogen-bond donors (Lipinski definition) is 2. The molecule has 2 bridgehead atoms. The van der Waals surface area contributed by atoms with Crippen LogP contribution in [0.5, 0.6) is 0 Å². The Hall–Kier alpha value is -5.94. The van der Waals surface area contributed by atoms with Crippen LogP contribution in [0.15, 0.2) is 48.9 Å². The highest BCUT2D eigenvalue weighted by molar-refractivity contribution is 6.09. The normalized spacial score (nSPS) is 28.0. The van der Waals surface area contributed by atoms with E-state index in [4.69, 9.17) is 14.7 Å². The fourth-order valence-corrected chi connectivity index (χ4v) is 14.1. The number of carbonyl (C=O) groups excluding carboxylic acids is 5. The first-order valence-corrected chi connectivity index (χ1v) is 28.0. The Morgan fingerprint density at radius 1 is 0.811 bits per heavy atom. The molecular weight excluding hydrogens is 935 g/mol. The highest BCUT2D eigenvalue weighted by atomic mass is 16.5. The van der Waals surface area contributed by atoms with Crippen LogP contribution in [-0.2, 0) is 34.1 Å². The first-order valence-electron chi connectivity index (χ1n) is 28.0. The maximum Gasteiger partial charge on any atom is 0.238 e. The van der Waals surface area contributed by atoms with Gasteiger partial charge in [0.1, 0.15) is 11.3 Å². The van der Waals surface area contributed by atoms with Crippen LogP contribution in [-0.4, -0.2) is 146 Å². The number of ether oxygens (including phenoxy) is 1. The number of morpholine rings is 1. The lowest BCUT2D eigenvalue weighted by Gasteiger charge is -2.49. The molecule has 1 spiro atoms. The minimum Gasteiger partial charge on any atom is -0.372 e. The van der Waals surface area contributed by atoms with Gasteiger partial charge in [-0.3, -0.25) is 34.2 Å². The van der Waals surface area contributed by atoms with Gasteiger partial charge in [0.05, 0.1) is 41.1 Å². The van der Waals surface area contributed by atoms with Crippen molar-refractivity contribution in [1.82, 2.24) is 39.5 Å². The lowest BCUT2D eigenvalue weighted by molar-refractivity contribution is -0.150. The van der Waals surface area contributed by atoms with Crippen LogP contribution in [0.1, 0.15) is 134 Å². The van der Waals surface area contributed by atoms with Gasteiger partial charge in [-0.25, -0.2) is 15.0 Å². The third-order valence-electron chi connectivity index (χ3n) is 18.9. The molecule has 7 aliphatic heterocycles. The van der Waals surface area contributed by atoms with Crippen LogP contribution < -0.4 is 20.4 Å². The van der Waals surface area contributed by atoms with Gasteiger partial charge in [-0.1, -0.05) is 25.1 Å². The van der Waals surface area contributed by atoms with Crippen molar-refractivity contribution in [3.8, 4) is 11.3 Å². The first kappa shape index (κ1) is 47.8. The molecule has 2 N–H and O–H groups in total. The number of imidazole rings is 1. The number of carbonyl (C=O) groups is 5. The summed E-state index contributed by atoms with van der Waals surface area (Å²) in [7, 11) is 0. The third-order valence-corrected chi connectivity index (χ3v) is 18.9. The van der Waals surface area contributed by atoms with Gasteiger partial charge < -0.3 is 34.2 Å². The maximum absolute atomic E-state index is 15.4. The zero-order valence-electron chi connectivity index (χ0n) is 43.3. The highest BCUT2D eigenvalue weighted by Crippen LogP contribution is 2.53. The van der Waals surface area contributed by atoms with Gasteiger partial charge in [-0.15, -0.1) is 0 Å². The molecule has 5 amide bonds. The van der Waals surface area contributed by atoms with Gasteiger partial charge in [0.15, 0.2) is 5.82 Å². The minimum absolute atomic E-state index is 0.0774. The molecule has 2 aliphatic carbocycles. The first-order chi connectivity index (χ1) is 35.8. The summed E-state index contributed by atoms with van der Waals surface area (Å²) in [5.41, 5.74) is 5.35. The molecule has 13 rings (SSSR count). The number of hydrogen-bond acceptors (Lipinski definition) is 12. The quantitative estimate of drug-likeness (QED) is 0.170. The Balaban J connectivity index is 0.674. The summed E-state index contributed by atoms with van der Waals surface area (Å²) in [6.45, 7) is 11.9. The second kappa shape index (κ2) is 18.4. The van der Waals surface area contributed by atoms with E-state index in [1.807, 2.05) is 28.3 Å². The predicted octanol–water partition coefficient (Wildman–Crippen LogP) is 6.32. The molecule has 1 aromatic carbocycles. The smallest absolute Gasteiger partial charge is 0.238 e. The Morgan fingerprint density at radius 2 is 1.54 bits per heavy atom. The summed E-state index contributed by atoms with van der Waals surface area (Å²) in [5, 5.41) is 6.14. The van der Waals surface area contributed by atoms with Gasteiger partial charge in [0, 0.05) is 112 Å². The molecule has 17 nitrogen and oxygen atoms in total. The van der Waals surface area contributed by atoms with Gasteiger partial charge in [0.2, 0.25) is 29.5 Å². The summed E-state index contributed by atoms with van der Waals surface area (Å²) < 4.78 is 8.39. The molecule has 10 heterocycles. The zero-order valence-corrected chi connectivity index (χ0v) is 43.3. The summed E-state index contributed by atoms with van der Waals surface area (Å²) in [6, 6.07) is 13.7. The molecule has 17 heteroatoms. The molecule has 3 atom stereocenters. The Kier molecular flexibility index (Phi) is 11.9. The molecule has 9 aliphatic rings. The molecule has 6 saturated heterocycles. The lowest BCUT2D eigenvalue weighted by Crippen LogP contribution is -2.60. The molecule has 8 fully saturated rings. The topological polar surface area (TPSA) is 178 Å². The predicted molar refractivity (Wildman–Crippen MR) is 279 cm³/mol. The van der Waals surface area contributed by atoms with Crippen molar-refractivity contribution in [1.29, 1.82) is 0 Å². The van der Waals surface area contributed by atoms with E-state index in [2.05, 4.69) is 79.9 Å². The van der Waals surface area contributed by atoms with Gasteiger partial charge in [-0.2, -0.15) is 0 Å². The van der Waals surface area contributed by atoms with E-state index in [-0.39, 0.29) is 53.5 Å². The van der Waals surface area contributed by atoms with Crippen molar-refractivity contribution in [2.24, 2.45) is 11.3 Å². The standard InChI is InChI=1S/C57H71N11O6/c1-34(2)67-33-59-46-29-45(61-51(50(46)67)60-38-6-7-38)36-4-11-44-47(26-36)68(40-27-39(28-40)66-31-41-8-9-42(32-66)74-41)55(73)57(44)18-24-65(25-19-57)54(72)56(3)16-22-64(23-17-56)53(71)35-14-20-63(21-15-35)48-12-5-37(30-58-48)43-10-13-49(69)62-52(43)70/h4-5,11-12,26,29-30,33-35,38-43H,6-10,13-25,27-28,31-32H2,1-3H3,(H,60,61)(H,62,69,70)/t39?,40?,41-,42?,43+/m0/s1. The molecule has 2 saturated carbocycles. The SMILES string of the molecule is CC(C)n1cnc2cc(-c3ccc4c(c3)N(C3CC(N5CC6CC[C@@H](C5)O6)C3)C(=O)C43CCN(C(=O)C4(C)CCN(C(=O)C5CCN(c6ccc([C@H]7CCC(=O)NC7=O)cn6)CC5)CC4)CC3)nc(NC3CC3)c21. The third kappa shape index (κ3) is 8.34.